The van der Waals surface area contributed by atoms with Crippen molar-refractivity contribution in [1.82, 2.24) is 9.88 Å². The molecule has 7 nitrogen and oxygen atoms in total. The number of amides is 1. The Labute approximate surface area is 168 Å². The lowest BCUT2D eigenvalue weighted by Gasteiger charge is -2.15. The number of hydrogen-bond acceptors (Lipinski definition) is 5. The number of anilines is 1. The topological polar surface area (TPSA) is 110 Å². The highest BCUT2D eigenvalue weighted by Gasteiger charge is 2.22. The third-order valence-electron chi connectivity index (χ3n) is 4.60. The van der Waals surface area contributed by atoms with Crippen LogP contribution in [-0.4, -0.2) is 23.6 Å². The molecular formula is C22H20N4O3. The molecule has 0 aliphatic heterocycles. The lowest BCUT2D eigenvalue weighted by atomic mass is 10.1. The molecule has 3 N–H and O–H groups in total. The van der Waals surface area contributed by atoms with E-state index in [0.29, 0.717) is 11.3 Å². The molecule has 0 saturated carbocycles. The Hall–Kier alpha value is -4.05. The van der Waals surface area contributed by atoms with Crippen LogP contribution in [0, 0.1) is 11.3 Å². The Balaban J connectivity index is 1.85. The second kappa shape index (κ2) is 8.31. The summed E-state index contributed by atoms with van der Waals surface area (Å²) in [5.41, 5.74) is 8.25. The largest absolute Gasteiger partial charge is 0.464 e. The monoisotopic (exact) mass is 388 g/mol. The van der Waals surface area contributed by atoms with Crippen LogP contribution in [0.1, 0.15) is 44.9 Å². The molecule has 1 unspecified atom stereocenters. The van der Waals surface area contributed by atoms with Crippen LogP contribution in [0.4, 0.5) is 5.69 Å². The maximum atomic E-state index is 12.5. The van der Waals surface area contributed by atoms with Crippen LogP contribution in [0.25, 0.3) is 5.69 Å². The Morgan fingerprint density at radius 1 is 1.14 bits per heavy atom. The van der Waals surface area contributed by atoms with Crippen molar-refractivity contribution in [3.05, 3.63) is 83.2 Å². The molecule has 0 bridgehead atoms. The molecule has 3 aromatic rings. The van der Waals surface area contributed by atoms with Gasteiger partial charge in [0.2, 0.25) is 0 Å². The number of hydrogen-bond donors (Lipinski definition) is 2. The van der Waals surface area contributed by atoms with E-state index in [0.717, 1.165) is 5.56 Å². The molecule has 29 heavy (non-hydrogen) atoms. The van der Waals surface area contributed by atoms with E-state index in [-0.39, 0.29) is 28.9 Å². The molecule has 1 amide bonds. The van der Waals surface area contributed by atoms with Crippen molar-refractivity contribution >= 4 is 17.6 Å². The van der Waals surface area contributed by atoms with Gasteiger partial charge in [0, 0.05) is 17.4 Å². The molecule has 1 atom stereocenters. The number of nitrogens with two attached hydrogens (primary N) is 1. The Kier molecular flexibility index (Phi) is 5.65. The summed E-state index contributed by atoms with van der Waals surface area (Å²) < 4.78 is 6.25. The molecule has 2 aromatic carbocycles. The number of nitrogen functional groups attached to an aromatic ring is 1. The minimum Gasteiger partial charge on any atom is -0.464 e. The lowest BCUT2D eigenvalue weighted by molar-refractivity contribution is 0.0592. The maximum absolute atomic E-state index is 12.5. The van der Waals surface area contributed by atoms with Gasteiger partial charge in [-0.1, -0.05) is 30.3 Å². The molecule has 0 aliphatic rings. The number of esters is 1. The molecule has 0 fully saturated rings. The van der Waals surface area contributed by atoms with Crippen LogP contribution in [0.2, 0.25) is 0 Å². The summed E-state index contributed by atoms with van der Waals surface area (Å²) >= 11 is 0. The van der Waals surface area contributed by atoms with E-state index in [1.54, 1.807) is 24.3 Å². The lowest BCUT2D eigenvalue weighted by Crippen LogP contribution is -2.26. The van der Waals surface area contributed by atoms with Crippen LogP contribution >= 0.6 is 0 Å². The second-order valence-electron chi connectivity index (χ2n) is 6.43. The van der Waals surface area contributed by atoms with E-state index in [1.807, 2.05) is 43.3 Å². The highest BCUT2D eigenvalue weighted by atomic mass is 16.5. The second-order valence-corrected chi connectivity index (χ2v) is 6.43. The summed E-state index contributed by atoms with van der Waals surface area (Å²) in [5.74, 6) is -0.867. The van der Waals surface area contributed by atoms with Crippen molar-refractivity contribution in [1.29, 1.82) is 5.26 Å². The zero-order valence-electron chi connectivity index (χ0n) is 16.0. The Morgan fingerprint density at radius 3 is 2.38 bits per heavy atom. The zero-order valence-corrected chi connectivity index (χ0v) is 16.0. The number of nitrogens with zero attached hydrogens (tertiary/aromatic N) is 2. The van der Waals surface area contributed by atoms with Gasteiger partial charge < -0.3 is 20.4 Å². The quantitative estimate of drug-likeness (QED) is 0.652. The highest BCUT2D eigenvalue weighted by molar-refractivity contribution is 5.96. The van der Waals surface area contributed by atoms with Crippen molar-refractivity contribution in [2.75, 3.05) is 12.8 Å². The van der Waals surface area contributed by atoms with Crippen molar-refractivity contribution < 1.29 is 14.3 Å². The molecule has 0 spiro atoms. The molecule has 0 saturated heterocycles. The maximum Gasteiger partial charge on any atom is 0.357 e. The summed E-state index contributed by atoms with van der Waals surface area (Å²) in [6.07, 6.45) is 1.47. The van der Waals surface area contributed by atoms with Gasteiger partial charge in [-0.05, 0) is 36.8 Å². The fourth-order valence-electron chi connectivity index (χ4n) is 3.00. The summed E-state index contributed by atoms with van der Waals surface area (Å²) in [6.45, 7) is 1.91. The van der Waals surface area contributed by atoms with Crippen LogP contribution in [0.15, 0.2) is 60.8 Å². The SMILES string of the molecule is COC(=O)c1c(N)c(C#N)cn1-c1ccc(C(=O)NC(C)c2ccccc2)cc1. The average molecular weight is 388 g/mol. The number of carbonyl (C=O) groups excluding carboxylic acids is 2. The fraction of sp³-hybridized carbons (Fsp3) is 0.136. The van der Waals surface area contributed by atoms with Gasteiger partial charge in [0.25, 0.3) is 5.91 Å². The summed E-state index contributed by atoms with van der Waals surface area (Å²) in [4.78, 5) is 24.6. The van der Waals surface area contributed by atoms with E-state index >= 15 is 0 Å². The first kappa shape index (κ1) is 19.7. The predicted octanol–water partition coefficient (Wildman–Crippen LogP) is 3.21. The predicted molar refractivity (Wildman–Crippen MR) is 109 cm³/mol. The van der Waals surface area contributed by atoms with E-state index in [2.05, 4.69) is 5.32 Å². The van der Waals surface area contributed by atoms with E-state index in [1.165, 1.54) is 17.9 Å². The molecule has 3 rings (SSSR count). The van der Waals surface area contributed by atoms with Crippen molar-refractivity contribution in [2.45, 2.75) is 13.0 Å². The molecule has 1 heterocycles. The number of carbonyl (C=O) groups is 2. The van der Waals surface area contributed by atoms with Crippen LogP contribution < -0.4 is 11.1 Å². The zero-order chi connectivity index (χ0) is 21.0. The Morgan fingerprint density at radius 2 is 1.79 bits per heavy atom. The normalized spacial score (nSPS) is 11.3. The van der Waals surface area contributed by atoms with Crippen LogP contribution in [0.5, 0.6) is 0 Å². The third kappa shape index (κ3) is 3.96. The third-order valence-corrected chi connectivity index (χ3v) is 4.60. The van der Waals surface area contributed by atoms with Gasteiger partial charge in [-0.25, -0.2) is 4.79 Å². The summed E-state index contributed by atoms with van der Waals surface area (Å²) in [5, 5.41) is 12.2. The number of nitrogens with one attached hydrogen (secondary N) is 1. The summed E-state index contributed by atoms with van der Waals surface area (Å²) in [7, 11) is 1.24. The first-order valence-corrected chi connectivity index (χ1v) is 8.91. The minimum atomic E-state index is -0.650. The van der Waals surface area contributed by atoms with Crippen molar-refractivity contribution in [3.8, 4) is 11.8 Å². The van der Waals surface area contributed by atoms with Gasteiger partial charge in [0.1, 0.15) is 6.07 Å². The number of aromatic nitrogens is 1. The first-order chi connectivity index (χ1) is 14.0. The molecule has 146 valence electrons. The fourth-order valence-corrected chi connectivity index (χ4v) is 3.00. The van der Waals surface area contributed by atoms with Crippen LogP contribution in [0.3, 0.4) is 0 Å². The van der Waals surface area contributed by atoms with E-state index < -0.39 is 5.97 Å². The number of methoxy groups -OCH3 is 1. The molecule has 7 heteroatoms. The van der Waals surface area contributed by atoms with Gasteiger partial charge in [-0.3, -0.25) is 4.79 Å². The van der Waals surface area contributed by atoms with E-state index in [4.69, 9.17) is 10.5 Å². The van der Waals surface area contributed by atoms with Gasteiger partial charge in [0.05, 0.1) is 24.4 Å². The first-order valence-electron chi connectivity index (χ1n) is 8.91. The number of nitriles is 1. The standard InChI is InChI=1S/C22H20N4O3/c1-14(15-6-4-3-5-7-15)25-21(27)16-8-10-18(11-9-16)26-13-17(12-23)19(24)20(26)22(28)29-2/h3-11,13-14H,24H2,1-2H3,(H,25,27). The van der Waals surface area contributed by atoms with Crippen LogP contribution in [-0.2, 0) is 4.74 Å². The van der Waals surface area contributed by atoms with Gasteiger partial charge in [-0.15, -0.1) is 0 Å². The van der Waals surface area contributed by atoms with Gasteiger partial charge in [-0.2, -0.15) is 5.26 Å². The molecule has 0 aliphatic carbocycles. The minimum absolute atomic E-state index is 0.0536. The molecule has 1 aromatic heterocycles. The molecular weight excluding hydrogens is 368 g/mol. The summed E-state index contributed by atoms with van der Waals surface area (Å²) in [6, 6.07) is 18.1. The number of rotatable bonds is 5. The number of benzene rings is 2. The van der Waals surface area contributed by atoms with E-state index in [9.17, 15) is 14.9 Å². The average Bonchev–Trinajstić information content (AvgIpc) is 3.10. The van der Waals surface area contributed by atoms with Gasteiger partial charge >= 0.3 is 5.97 Å². The van der Waals surface area contributed by atoms with Crippen molar-refractivity contribution in [3.63, 3.8) is 0 Å². The smallest absolute Gasteiger partial charge is 0.357 e. The number of ether oxygens (including phenoxy) is 1. The van der Waals surface area contributed by atoms with Crippen molar-refractivity contribution in [2.24, 2.45) is 0 Å². The highest BCUT2D eigenvalue weighted by Crippen LogP contribution is 2.25. The molecule has 0 radical (unpaired) electrons. The Bertz CT molecular complexity index is 1080. The van der Waals surface area contributed by atoms with Gasteiger partial charge in [0.15, 0.2) is 5.69 Å².